The van der Waals surface area contributed by atoms with Crippen LogP contribution in [0.4, 0.5) is 10.6 Å². The van der Waals surface area contributed by atoms with Crippen LogP contribution in [-0.4, -0.2) is 53.7 Å². The van der Waals surface area contributed by atoms with Crippen molar-refractivity contribution >= 4 is 21.9 Å². The first-order valence-electron chi connectivity index (χ1n) is 9.17. The van der Waals surface area contributed by atoms with E-state index in [1.165, 1.54) is 17.0 Å². The number of anilines is 1. The van der Waals surface area contributed by atoms with E-state index in [2.05, 4.69) is 9.97 Å². The molecule has 1 amide bonds. The normalized spacial score (nSPS) is 26.4. The fourth-order valence-corrected chi connectivity index (χ4v) is 5.49. The molecule has 1 atom stereocenters. The van der Waals surface area contributed by atoms with Gasteiger partial charge in [0.2, 0.25) is 10.0 Å². The Kier molecular flexibility index (Phi) is 4.38. The predicted octanol–water partition coefficient (Wildman–Crippen LogP) is 2.23. The lowest BCUT2D eigenvalue weighted by molar-refractivity contribution is 0.0260. The highest BCUT2D eigenvalue weighted by atomic mass is 32.2. The van der Waals surface area contributed by atoms with Crippen molar-refractivity contribution in [3.05, 3.63) is 18.1 Å². The smallest absolute Gasteiger partial charge is 0.416 e. The molecule has 3 heterocycles. The Bertz CT molecular complexity index is 807. The molecule has 2 saturated heterocycles. The van der Waals surface area contributed by atoms with E-state index >= 15 is 0 Å². The molecule has 1 aromatic heterocycles. The van der Waals surface area contributed by atoms with Crippen LogP contribution in [0.3, 0.4) is 0 Å². The Balaban J connectivity index is 1.59. The van der Waals surface area contributed by atoms with E-state index in [0.717, 1.165) is 32.1 Å². The summed E-state index contributed by atoms with van der Waals surface area (Å²) in [5.41, 5.74) is 0.182. The number of hydrogen-bond donors (Lipinski definition) is 0. The summed E-state index contributed by atoms with van der Waals surface area (Å²) in [5.74, 6) is 0.440. The number of hydrogen-bond acceptors (Lipinski definition) is 6. The van der Waals surface area contributed by atoms with Crippen LogP contribution >= 0.6 is 0 Å². The van der Waals surface area contributed by atoms with Crippen LogP contribution < -0.4 is 4.90 Å². The molecule has 1 aromatic rings. The number of amides is 1. The van der Waals surface area contributed by atoms with Crippen molar-refractivity contribution in [1.29, 1.82) is 0 Å². The van der Waals surface area contributed by atoms with Gasteiger partial charge in [0.25, 0.3) is 0 Å². The highest BCUT2D eigenvalue weighted by molar-refractivity contribution is 7.88. The first-order valence-corrected chi connectivity index (χ1v) is 11.0. The highest BCUT2D eigenvalue weighted by Crippen LogP contribution is 2.39. The van der Waals surface area contributed by atoms with Gasteiger partial charge in [0, 0.05) is 6.54 Å². The Labute approximate surface area is 153 Å². The van der Waals surface area contributed by atoms with E-state index in [1.54, 1.807) is 17.3 Å². The van der Waals surface area contributed by atoms with E-state index in [-0.39, 0.29) is 12.1 Å². The standard InChI is InChI=1S/C17H24N4O4S/c1-26(23,24)21-9-5-6-14(21)13-10-18-11-15(19-13)20-12-17(25-16(20)22)7-3-2-4-8-17/h10-11,14H,2-9,12H2,1H3/t14-/m1/s1. The number of carbonyl (C=O) groups excluding carboxylic acids is 1. The van der Waals surface area contributed by atoms with Crippen molar-refractivity contribution in [3.63, 3.8) is 0 Å². The monoisotopic (exact) mass is 380 g/mol. The molecule has 0 N–H and O–H groups in total. The molecule has 0 radical (unpaired) electrons. The summed E-state index contributed by atoms with van der Waals surface area (Å²) in [4.78, 5) is 22.8. The van der Waals surface area contributed by atoms with E-state index < -0.39 is 15.6 Å². The third-order valence-corrected chi connectivity index (χ3v) is 6.91. The second-order valence-electron chi connectivity index (χ2n) is 7.53. The molecule has 9 heteroatoms. The van der Waals surface area contributed by atoms with E-state index in [9.17, 15) is 13.2 Å². The summed E-state index contributed by atoms with van der Waals surface area (Å²) >= 11 is 0. The van der Waals surface area contributed by atoms with Crippen LogP contribution in [0.5, 0.6) is 0 Å². The van der Waals surface area contributed by atoms with Gasteiger partial charge < -0.3 is 4.74 Å². The number of sulfonamides is 1. The van der Waals surface area contributed by atoms with Gasteiger partial charge in [-0.3, -0.25) is 9.88 Å². The van der Waals surface area contributed by atoms with E-state index in [4.69, 9.17) is 4.74 Å². The molecule has 3 aliphatic rings. The van der Waals surface area contributed by atoms with Gasteiger partial charge in [-0.05, 0) is 38.5 Å². The summed E-state index contributed by atoms with van der Waals surface area (Å²) in [6, 6.07) is -0.320. The Hall–Kier alpha value is -1.74. The molecule has 0 bridgehead atoms. The van der Waals surface area contributed by atoms with Crippen LogP contribution in [0.2, 0.25) is 0 Å². The quantitative estimate of drug-likeness (QED) is 0.798. The molecule has 26 heavy (non-hydrogen) atoms. The van der Waals surface area contributed by atoms with Crippen molar-refractivity contribution in [2.45, 2.75) is 56.6 Å². The lowest BCUT2D eigenvalue weighted by atomic mass is 9.85. The maximum Gasteiger partial charge on any atom is 0.416 e. The highest BCUT2D eigenvalue weighted by Gasteiger charge is 2.47. The van der Waals surface area contributed by atoms with Crippen molar-refractivity contribution < 1.29 is 17.9 Å². The number of rotatable bonds is 3. The van der Waals surface area contributed by atoms with Gasteiger partial charge in [-0.1, -0.05) is 6.42 Å². The molecule has 0 aromatic carbocycles. The van der Waals surface area contributed by atoms with Crippen molar-refractivity contribution in [2.24, 2.45) is 0 Å². The number of nitrogens with zero attached hydrogens (tertiary/aromatic N) is 4. The summed E-state index contributed by atoms with van der Waals surface area (Å²) < 4.78 is 31.2. The van der Waals surface area contributed by atoms with Crippen LogP contribution in [0.1, 0.15) is 56.7 Å². The zero-order valence-corrected chi connectivity index (χ0v) is 15.7. The molecule has 0 unspecified atom stereocenters. The SMILES string of the molecule is CS(=O)(=O)N1CCC[C@@H]1c1cncc(N2CC3(CCCCC3)OC2=O)n1. The molecule has 142 valence electrons. The molecular formula is C17H24N4O4S. The van der Waals surface area contributed by atoms with Gasteiger partial charge in [-0.25, -0.2) is 18.2 Å². The summed E-state index contributed by atoms with van der Waals surface area (Å²) in [6.45, 7) is 0.981. The Morgan fingerprint density at radius 3 is 2.69 bits per heavy atom. The van der Waals surface area contributed by atoms with Crippen LogP contribution in [0, 0.1) is 0 Å². The lowest BCUT2D eigenvalue weighted by Crippen LogP contribution is -2.37. The van der Waals surface area contributed by atoms with Gasteiger partial charge in [-0.2, -0.15) is 4.31 Å². The molecule has 3 fully saturated rings. The molecular weight excluding hydrogens is 356 g/mol. The van der Waals surface area contributed by atoms with Gasteiger partial charge >= 0.3 is 6.09 Å². The minimum atomic E-state index is -3.30. The van der Waals surface area contributed by atoms with Crippen molar-refractivity contribution in [3.8, 4) is 0 Å². The summed E-state index contributed by atoms with van der Waals surface area (Å²) in [6.07, 6.45) is 10.5. The first-order chi connectivity index (χ1) is 12.4. The van der Waals surface area contributed by atoms with Crippen molar-refractivity contribution in [2.75, 3.05) is 24.2 Å². The van der Waals surface area contributed by atoms with Crippen LogP contribution in [-0.2, 0) is 14.8 Å². The van der Waals surface area contributed by atoms with E-state index in [1.807, 2.05) is 0 Å². The number of ether oxygens (including phenoxy) is 1. The third-order valence-electron chi connectivity index (χ3n) is 5.62. The minimum absolute atomic E-state index is 0.320. The fraction of sp³-hybridized carbons (Fsp3) is 0.706. The second-order valence-corrected chi connectivity index (χ2v) is 9.47. The lowest BCUT2D eigenvalue weighted by Gasteiger charge is -2.30. The van der Waals surface area contributed by atoms with Gasteiger partial charge in [0.1, 0.15) is 5.60 Å². The fourth-order valence-electron chi connectivity index (χ4n) is 4.35. The molecule has 1 aliphatic carbocycles. The predicted molar refractivity (Wildman–Crippen MR) is 95.2 cm³/mol. The Morgan fingerprint density at radius 2 is 1.96 bits per heavy atom. The zero-order valence-electron chi connectivity index (χ0n) is 14.9. The summed E-state index contributed by atoms with van der Waals surface area (Å²) in [5, 5.41) is 0. The van der Waals surface area contributed by atoms with Crippen LogP contribution in [0.15, 0.2) is 12.4 Å². The van der Waals surface area contributed by atoms with Crippen molar-refractivity contribution in [1.82, 2.24) is 14.3 Å². The first kappa shape index (κ1) is 17.7. The van der Waals surface area contributed by atoms with E-state index in [0.29, 0.717) is 31.0 Å². The van der Waals surface area contributed by atoms with Gasteiger partial charge in [0.15, 0.2) is 5.82 Å². The third kappa shape index (κ3) is 3.18. The van der Waals surface area contributed by atoms with Crippen LogP contribution in [0.25, 0.3) is 0 Å². The Morgan fingerprint density at radius 1 is 1.19 bits per heavy atom. The van der Waals surface area contributed by atoms with Gasteiger partial charge in [-0.15, -0.1) is 0 Å². The molecule has 1 spiro atoms. The molecule has 1 saturated carbocycles. The molecule has 4 rings (SSSR count). The average Bonchev–Trinajstić information content (AvgIpc) is 3.21. The maximum absolute atomic E-state index is 12.4. The maximum atomic E-state index is 12.4. The second kappa shape index (κ2) is 6.45. The molecule has 2 aliphatic heterocycles. The summed E-state index contributed by atoms with van der Waals surface area (Å²) in [7, 11) is -3.30. The minimum Gasteiger partial charge on any atom is -0.441 e. The number of carbonyl (C=O) groups is 1. The topological polar surface area (TPSA) is 92.7 Å². The zero-order chi connectivity index (χ0) is 18.4. The van der Waals surface area contributed by atoms with Gasteiger partial charge in [0.05, 0.1) is 36.9 Å². The largest absolute Gasteiger partial charge is 0.441 e. The molecule has 8 nitrogen and oxygen atoms in total. The number of aromatic nitrogens is 2. The average molecular weight is 380 g/mol.